The van der Waals surface area contributed by atoms with Crippen molar-refractivity contribution < 1.29 is 6.17 Å². The Bertz CT molecular complexity index is 371. The second kappa shape index (κ2) is 4.23. The van der Waals surface area contributed by atoms with E-state index in [-0.39, 0.29) is 11.8 Å². The third-order valence-corrected chi connectivity index (χ3v) is 1.88. The fourth-order valence-electron chi connectivity index (χ4n) is 0.900. The Morgan fingerprint density at radius 3 is 2.36 bits per heavy atom. The van der Waals surface area contributed by atoms with Crippen LogP contribution in [0.2, 0.25) is 0 Å². The smallest absolute Gasteiger partial charge is 0.161 e. The van der Waals surface area contributed by atoms with Gasteiger partial charge < -0.3 is 0 Å². The van der Waals surface area contributed by atoms with Gasteiger partial charge in [0.2, 0.25) is 0 Å². The highest BCUT2D eigenvalue weighted by Crippen LogP contribution is 2.15. The Kier molecular flexibility index (Phi) is 2.78. The van der Waals surface area contributed by atoms with Crippen molar-refractivity contribution >= 4 is 11.8 Å². The van der Waals surface area contributed by atoms with Gasteiger partial charge >= 0.3 is 0 Å². The Morgan fingerprint density at radius 2 is 1.86 bits per heavy atom. The van der Waals surface area contributed by atoms with E-state index in [1.807, 2.05) is 51.1 Å². The molecule has 0 amide bonds. The maximum atomic E-state index is 11.7. The molecule has 1 aromatic carbocycles. The van der Waals surface area contributed by atoms with E-state index in [0.29, 0.717) is 0 Å². The summed E-state index contributed by atoms with van der Waals surface area (Å²) in [5.74, 6) is -0.0173. The van der Waals surface area contributed by atoms with Crippen molar-refractivity contribution in [2.75, 3.05) is 0 Å². The molecule has 0 bridgehead atoms. The van der Waals surface area contributed by atoms with Crippen LogP contribution >= 0.6 is 0 Å². The predicted molar refractivity (Wildman–Crippen MR) is 59.9 cm³/mol. The first-order valence-corrected chi connectivity index (χ1v) is 4.69. The topological polar surface area (TPSA) is 17.1 Å². The molecule has 1 nitrogen and oxygen atoms in total. The highest BCUT2D eigenvalue weighted by molar-refractivity contribution is 5.97. The minimum atomic E-state index is -0.416. The summed E-state index contributed by atoms with van der Waals surface area (Å²) in [4.78, 5) is 11.7. The minimum Gasteiger partial charge on any atom is -0.294 e. The van der Waals surface area contributed by atoms with Gasteiger partial charge in [-0.1, -0.05) is 57.2 Å². The van der Waals surface area contributed by atoms with Crippen molar-refractivity contribution in [3.63, 3.8) is 0 Å². The third-order valence-electron chi connectivity index (χ3n) is 1.88. The number of ketones is 1. The van der Waals surface area contributed by atoms with Crippen molar-refractivity contribution in [2.24, 2.45) is 5.41 Å². The number of carbonyl (C=O) groups excluding carboxylic acids is 1. The molecule has 0 radical (unpaired) electrons. The molecule has 1 aromatic rings. The molecule has 0 atom stereocenters. The van der Waals surface area contributed by atoms with Crippen LogP contribution in [0.15, 0.2) is 36.4 Å². The van der Waals surface area contributed by atoms with Gasteiger partial charge in [-0.25, -0.2) is 0 Å². The molecule has 1 rings (SSSR count). The first-order valence-electron chi connectivity index (χ1n) is 5.19. The zero-order chi connectivity index (χ0) is 11.5. The normalized spacial score (nSPS) is 13.6. The van der Waals surface area contributed by atoms with Crippen LogP contribution in [0.1, 0.15) is 27.7 Å². The molecule has 74 valence electrons. The lowest BCUT2D eigenvalue weighted by Gasteiger charge is -2.12. The van der Waals surface area contributed by atoms with Crippen LogP contribution in [0.3, 0.4) is 0 Å². The van der Waals surface area contributed by atoms with E-state index in [1.165, 1.54) is 6.08 Å². The Hall–Kier alpha value is -1.37. The molecule has 14 heavy (non-hydrogen) atoms. The van der Waals surface area contributed by atoms with Crippen LogP contribution in [0.25, 0.3) is 6.05 Å². The summed E-state index contributed by atoms with van der Waals surface area (Å²) in [6.07, 6.45) is 1.40. The molecular formula is C13H16O. The Balaban J connectivity index is 2.91. The molecule has 0 aliphatic rings. The van der Waals surface area contributed by atoms with Crippen molar-refractivity contribution in [1.82, 2.24) is 0 Å². The van der Waals surface area contributed by atoms with Gasteiger partial charge in [-0.3, -0.25) is 4.79 Å². The molecule has 0 saturated heterocycles. The number of hydrogen-bond donors (Lipinski definition) is 0. The molecule has 0 heterocycles. The number of benzene rings is 1. The van der Waals surface area contributed by atoms with E-state index in [2.05, 4.69) is 0 Å². The number of carbonyl (C=O) groups is 1. The summed E-state index contributed by atoms with van der Waals surface area (Å²) in [6.45, 7) is 5.55. The van der Waals surface area contributed by atoms with E-state index < -0.39 is 5.41 Å². The first-order chi connectivity index (χ1) is 6.91. The number of rotatable bonds is 2. The summed E-state index contributed by atoms with van der Waals surface area (Å²) in [5.41, 5.74) is 0.358. The number of allylic oxidation sites excluding steroid dienone is 1. The largest absolute Gasteiger partial charge is 0.294 e. The van der Waals surface area contributed by atoms with Crippen molar-refractivity contribution in [3.05, 3.63) is 42.0 Å². The second-order valence-corrected chi connectivity index (χ2v) is 4.27. The van der Waals surface area contributed by atoms with E-state index >= 15 is 0 Å². The predicted octanol–water partition coefficient (Wildman–Crippen LogP) is 3.32. The average Bonchev–Trinajstić information content (AvgIpc) is 2.17. The molecule has 0 unspecified atom stereocenters. The lowest BCUT2D eigenvalue weighted by molar-refractivity contribution is -0.121. The van der Waals surface area contributed by atoms with Crippen LogP contribution in [0.5, 0.6) is 0 Å². The standard InChI is InChI=1S/C13H16O/c1-13(2,3)12(14)10-9-11-7-5-4-6-8-11/h4-10H,1-3H3/b10-9+/i9D. The van der Waals surface area contributed by atoms with Crippen molar-refractivity contribution in [3.8, 4) is 0 Å². The maximum Gasteiger partial charge on any atom is 0.161 e. The monoisotopic (exact) mass is 189 g/mol. The molecule has 0 N–H and O–H groups in total. The summed E-state index contributed by atoms with van der Waals surface area (Å²) >= 11 is 0. The molecule has 0 spiro atoms. The molecule has 0 aliphatic heterocycles. The molecule has 0 fully saturated rings. The molecule has 0 aliphatic carbocycles. The highest BCUT2D eigenvalue weighted by atomic mass is 16.1. The van der Waals surface area contributed by atoms with Gasteiger partial charge in [0, 0.05) is 5.41 Å². The van der Waals surface area contributed by atoms with Gasteiger partial charge in [-0.2, -0.15) is 0 Å². The van der Waals surface area contributed by atoms with Crippen LogP contribution < -0.4 is 0 Å². The zero-order valence-corrected chi connectivity index (χ0v) is 8.87. The second-order valence-electron chi connectivity index (χ2n) is 4.27. The van der Waals surface area contributed by atoms with E-state index in [4.69, 9.17) is 1.37 Å². The zero-order valence-electron chi connectivity index (χ0n) is 9.87. The van der Waals surface area contributed by atoms with Crippen LogP contribution in [0.4, 0.5) is 0 Å². The van der Waals surface area contributed by atoms with Crippen LogP contribution in [0, 0.1) is 5.41 Å². The Morgan fingerprint density at radius 1 is 1.29 bits per heavy atom. The van der Waals surface area contributed by atoms with Gasteiger partial charge in [0.15, 0.2) is 5.78 Å². The van der Waals surface area contributed by atoms with Crippen molar-refractivity contribution in [2.45, 2.75) is 20.8 Å². The van der Waals surface area contributed by atoms with Gasteiger partial charge in [-0.15, -0.1) is 0 Å². The third kappa shape index (κ3) is 3.17. The summed E-state index contributed by atoms with van der Waals surface area (Å²) in [7, 11) is 0. The van der Waals surface area contributed by atoms with Gasteiger partial charge in [0.1, 0.15) is 0 Å². The summed E-state index contributed by atoms with van der Waals surface area (Å²) in [6, 6.07) is 9.54. The van der Waals surface area contributed by atoms with E-state index in [9.17, 15) is 4.79 Å². The Labute approximate surface area is 86.9 Å². The molecule has 1 heteroatoms. The minimum absolute atomic E-state index is 0.0173. The quantitative estimate of drug-likeness (QED) is 0.652. The number of hydrogen-bond acceptors (Lipinski definition) is 1. The maximum absolute atomic E-state index is 11.7. The highest BCUT2D eigenvalue weighted by Gasteiger charge is 2.17. The van der Waals surface area contributed by atoms with Crippen LogP contribution in [-0.4, -0.2) is 5.78 Å². The summed E-state index contributed by atoms with van der Waals surface area (Å²) < 4.78 is 7.76. The summed E-state index contributed by atoms with van der Waals surface area (Å²) in [5, 5.41) is 0. The average molecular weight is 189 g/mol. The molecular weight excluding hydrogens is 172 g/mol. The van der Waals surface area contributed by atoms with E-state index in [1.54, 1.807) is 0 Å². The van der Waals surface area contributed by atoms with E-state index in [0.717, 1.165) is 5.56 Å². The van der Waals surface area contributed by atoms with Gasteiger partial charge in [0.05, 0.1) is 1.37 Å². The SMILES string of the molecule is [2H]/C(=C\C(=O)C(C)(C)C)c1ccccc1. The lowest BCUT2D eigenvalue weighted by atomic mass is 9.90. The van der Waals surface area contributed by atoms with Gasteiger partial charge in [-0.05, 0) is 11.6 Å². The van der Waals surface area contributed by atoms with Crippen LogP contribution in [-0.2, 0) is 4.79 Å². The van der Waals surface area contributed by atoms with Crippen molar-refractivity contribution in [1.29, 1.82) is 0 Å². The molecule has 0 saturated carbocycles. The lowest BCUT2D eigenvalue weighted by Crippen LogP contribution is -2.17. The van der Waals surface area contributed by atoms with Gasteiger partial charge in [0.25, 0.3) is 0 Å². The first kappa shape index (κ1) is 9.20. The fourth-order valence-corrected chi connectivity index (χ4v) is 0.900. The fraction of sp³-hybridized carbons (Fsp3) is 0.308. The molecule has 0 aromatic heterocycles.